The fourth-order valence-corrected chi connectivity index (χ4v) is 6.12. The number of benzene rings is 1. The third-order valence-corrected chi connectivity index (χ3v) is 7.95. The second kappa shape index (κ2) is 9.90. The van der Waals surface area contributed by atoms with Crippen LogP contribution in [0.25, 0.3) is 0 Å². The molecule has 1 aromatic rings. The summed E-state index contributed by atoms with van der Waals surface area (Å²) in [6, 6.07) is 5.35. The van der Waals surface area contributed by atoms with E-state index in [1.54, 1.807) is 4.90 Å². The minimum absolute atomic E-state index is 0.0450. The van der Waals surface area contributed by atoms with Gasteiger partial charge >= 0.3 is 0 Å². The summed E-state index contributed by atoms with van der Waals surface area (Å²) < 4.78 is 12.4. The lowest BCUT2D eigenvalue weighted by Gasteiger charge is -2.38. The Morgan fingerprint density at radius 3 is 2.77 bits per heavy atom. The highest BCUT2D eigenvalue weighted by atomic mass is 16.5. The van der Waals surface area contributed by atoms with Crippen LogP contribution in [-0.4, -0.2) is 59.6 Å². The molecule has 0 aromatic heterocycles. The molecule has 0 spiro atoms. The molecule has 4 aliphatic rings. The lowest BCUT2D eigenvalue weighted by molar-refractivity contribution is -0.136. The van der Waals surface area contributed by atoms with Gasteiger partial charge in [0.15, 0.2) is 0 Å². The summed E-state index contributed by atoms with van der Waals surface area (Å²) in [6.45, 7) is 6.52. The van der Waals surface area contributed by atoms with Crippen LogP contribution >= 0.6 is 0 Å². The van der Waals surface area contributed by atoms with Gasteiger partial charge in [0.25, 0.3) is 5.91 Å². The van der Waals surface area contributed by atoms with Gasteiger partial charge in [-0.05, 0) is 88.6 Å². The minimum atomic E-state index is -0.598. The van der Waals surface area contributed by atoms with Crippen molar-refractivity contribution in [1.29, 1.82) is 0 Å². The fourth-order valence-electron chi connectivity index (χ4n) is 6.12. The Labute approximate surface area is 207 Å². The van der Waals surface area contributed by atoms with Gasteiger partial charge in [-0.15, -0.1) is 0 Å². The van der Waals surface area contributed by atoms with Crippen molar-refractivity contribution >= 4 is 17.7 Å². The summed E-state index contributed by atoms with van der Waals surface area (Å²) in [7, 11) is 0. The monoisotopic (exact) mass is 483 g/mol. The van der Waals surface area contributed by atoms with Gasteiger partial charge < -0.3 is 19.7 Å². The molecule has 3 amide bonds. The maximum atomic E-state index is 13.0. The standard InChI is InChI=1S/C27H37N3O5/c1-27(2)14-17(11-12-34-27)15-28-21-5-3-4-6-23(21)35-19-7-8-20-18(13-19)16-30(26(20)33)22-9-10-24(31)29-25(22)32/h7-8,13,17,21-23,28H,3-6,9-12,14-16H2,1-2H3,(H,29,31,32). The Balaban J connectivity index is 1.21. The van der Waals surface area contributed by atoms with Crippen LogP contribution in [0, 0.1) is 5.92 Å². The largest absolute Gasteiger partial charge is 0.489 e. The molecule has 4 unspecified atom stereocenters. The van der Waals surface area contributed by atoms with E-state index < -0.39 is 6.04 Å². The molecule has 0 bridgehead atoms. The van der Waals surface area contributed by atoms with E-state index in [1.165, 1.54) is 6.42 Å². The van der Waals surface area contributed by atoms with Crippen LogP contribution in [0.15, 0.2) is 18.2 Å². The van der Waals surface area contributed by atoms with E-state index in [0.29, 0.717) is 30.5 Å². The van der Waals surface area contributed by atoms with Crippen LogP contribution in [0.3, 0.4) is 0 Å². The number of carbonyl (C=O) groups excluding carboxylic acids is 3. The zero-order valence-corrected chi connectivity index (χ0v) is 20.8. The third kappa shape index (κ3) is 5.38. The van der Waals surface area contributed by atoms with E-state index in [9.17, 15) is 14.4 Å². The quantitative estimate of drug-likeness (QED) is 0.604. The number of hydrogen-bond acceptors (Lipinski definition) is 6. The Morgan fingerprint density at radius 1 is 1.14 bits per heavy atom. The van der Waals surface area contributed by atoms with Crippen LogP contribution in [-0.2, 0) is 20.9 Å². The molecule has 3 fully saturated rings. The molecule has 3 aliphatic heterocycles. The van der Waals surface area contributed by atoms with Gasteiger partial charge in [-0.25, -0.2) is 0 Å². The molecule has 0 radical (unpaired) electrons. The molecular formula is C27H37N3O5. The van der Waals surface area contributed by atoms with Gasteiger partial charge in [0.05, 0.1) is 5.60 Å². The van der Waals surface area contributed by atoms with Crippen molar-refractivity contribution in [3.8, 4) is 5.75 Å². The van der Waals surface area contributed by atoms with Crippen LogP contribution in [0.4, 0.5) is 0 Å². The SMILES string of the molecule is CC1(C)CC(CNC2CCCCC2Oc2ccc3c(c2)CN(C2CCC(=O)NC2=O)C3=O)CCO1. The first-order valence-corrected chi connectivity index (χ1v) is 13.1. The Hall–Kier alpha value is -2.45. The van der Waals surface area contributed by atoms with Crippen LogP contribution < -0.4 is 15.4 Å². The Kier molecular flexibility index (Phi) is 6.86. The fraction of sp³-hybridized carbons (Fsp3) is 0.667. The van der Waals surface area contributed by atoms with Gasteiger partial charge in [-0.1, -0.05) is 6.42 Å². The smallest absolute Gasteiger partial charge is 0.255 e. The summed E-state index contributed by atoms with van der Waals surface area (Å²) in [6.07, 6.45) is 7.35. The van der Waals surface area contributed by atoms with Crippen molar-refractivity contribution in [2.24, 2.45) is 5.92 Å². The molecule has 190 valence electrons. The normalized spacial score (nSPS) is 30.7. The maximum Gasteiger partial charge on any atom is 0.255 e. The molecule has 5 rings (SSSR count). The molecule has 1 aliphatic carbocycles. The van der Waals surface area contributed by atoms with E-state index in [1.807, 2.05) is 18.2 Å². The number of ether oxygens (including phenoxy) is 2. The van der Waals surface area contributed by atoms with Gasteiger partial charge in [-0.2, -0.15) is 0 Å². The van der Waals surface area contributed by atoms with Gasteiger partial charge in [0.2, 0.25) is 11.8 Å². The van der Waals surface area contributed by atoms with E-state index in [2.05, 4.69) is 24.5 Å². The lowest BCUT2D eigenvalue weighted by atomic mass is 9.87. The Bertz CT molecular complexity index is 993. The Morgan fingerprint density at radius 2 is 1.97 bits per heavy atom. The average molecular weight is 484 g/mol. The second-order valence-corrected chi connectivity index (χ2v) is 11.1. The topological polar surface area (TPSA) is 97.0 Å². The van der Waals surface area contributed by atoms with Crippen molar-refractivity contribution in [3.05, 3.63) is 29.3 Å². The number of rotatable bonds is 6. The predicted molar refractivity (Wildman–Crippen MR) is 130 cm³/mol. The first-order valence-electron chi connectivity index (χ1n) is 13.1. The molecule has 1 saturated carbocycles. The molecule has 2 N–H and O–H groups in total. The number of carbonyl (C=O) groups is 3. The number of amides is 3. The first-order chi connectivity index (χ1) is 16.8. The zero-order valence-electron chi connectivity index (χ0n) is 20.8. The third-order valence-electron chi connectivity index (χ3n) is 7.95. The predicted octanol–water partition coefficient (Wildman–Crippen LogP) is 2.93. The van der Waals surface area contributed by atoms with Crippen LogP contribution in [0.2, 0.25) is 0 Å². The van der Waals surface area contributed by atoms with Crippen molar-refractivity contribution in [3.63, 3.8) is 0 Å². The van der Waals surface area contributed by atoms with E-state index >= 15 is 0 Å². The summed E-state index contributed by atoms with van der Waals surface area (Å²) in [5, 5.41) is 6.16. The van der Waals surface area contributed by atoms with Crippen LogP contribution in [0.5, 0.6) is 5.75 Å². The highest BCUT2D eigenvalue weighted by molar-refractivity contribution is 6.05. The summed E-state index contributed by atoms with van der Waals surface area (Å²) in [5.74, 6) is 0.570. The number of imide groups is 1. The van der Waals surface area contributed by atoms with E-state index in [4.69, 9.17) is 9.47 Å². The summed E-state index contributed by atoms with van der Waals surface area (Å²) >= 11 is 0. The summed E-state index contributed by atoms with van der Waals surface area (Å²) in [5.41, 5.74) is 1.45. The highest BCUT2D eigenvalue weighted by Gasteiger charge is 2.39. The second-order valence-electron chi connectivity index (χ2n) is 11.1. The molecule has 8 nitrogen and oxygen atoms in total. The molecular weight excluding hydrogens is 446 g/mol. The van der Waals surface area contributed by atoms with Gasteiger partial charge in [0.1, 0.15) is 17.9 Å². The van der Waals surface area contributed by atoms with Crippen LogP contribution in [0.1, 0.15) is 81.1 Å². The van der Waals surface area contributed by atoms with Crippen molar-refractivity contribution in [2.75, 3.05) is 13.2 Å². The number of nitrogens with one attached hydrogen (secondary N) is 2. The lowest BCUT2D eigenvalue weighted by Crippen LogP contribution is -2.52. The molecule has 8 heteroatoms. The highest BCUT2D eigenvalue weighted by Crippen LogP contribution is 2.32. The zero-order chi connectivity index (χ0) is 24.6. The first kappa shape index (κ1) is 24.3. The van der Waals surface area contributed by atoms with Gasteiger partial charge in [-0.3, -0.25) is 19.7 Å². The summed E-state index contributed by atoms with van der Waals surface area (Å²) in [4.78, 5) is 38.3. The average Bonchev–Trinajstić information content (AvgIpc) is 3.13. The molecule has 1 aromatic carbocycles. The van der Waals surface area contributed by atoms with Gasteiger partial charge in [0, 0.05) is 31.2 Å². The molecule has 2 saturated heterocycles. The number of nitrogens with zero attached hydrogens (tertiary/aromatic N) is 1. The number of fused-ring (bicyclic) bond motifs is 1. The van der Waals surface area contributed by atoms with E-state index in [-0.39, 0.29) is 35.8 Å². The maximum absolute atomic E-state index is 13.0. The molecule has 4 atom stereocenters. The van der Waals surface area contributed by atoms with E-state index in [0.717, 1.165) is 56.6 Å². The molecule has 35 heavy (non-hydrogen) atoms. The molecule has 3 heterocycles. The van der Waals surface area contributed by atoms with Crippen molar-refractivity contribution < 1.29 is 23.9 Å². The van der Waals surface area contributed by atoms with Crippen molar-refractivity contribution in [2.45, 2.75) is 95.5 Å². The minimum Gasteiger partial charge on any atom is -0.489 e. The number of piperidine rings is 1. The van der Waals surface area contributed by atoms with Crippen molar-refractivity contribution in [1.82, 2.24) is 15.5 Å². The number of hydrogen-bond donors (Lipinski definition) is 2.